The van der Waals surface area contributed by atoms with Crippen molar-refractivity contribution in [3.05, 3.63) is 0 Å². The topological polar surface area (TPSA) is 127 Å². The summed E-state index contributed by atoms with van der Waals surface area (Å²) < 4.78 is 69.2. The smallest absolute Gasteiger partial charge is 0.264 e. The van der Waals surface area contributed by atoms with E-state index in [1.165, 1.54) is 0 Å². The summed E-state index contributed by atoms with van der Waals surface area (Å²) in [6.45, 7) is 1.59. The molecule has 0 rings (SSSR count). The van der Waals surface area contributed by atoms with Gasteiger partial charge in [0.25, 0.3) is 0 Å². The van der Waals surface area contributed by atoms with Crippen LogP contribution in [0.3, 0.4) is 0 Å². The molecule has 0 aromatic carbocycles. The Hall–Kier alpha value is 1.19. The molecule has 0 saturated carbocycles. The molecule has 2 N–H and O–H groups in total. The zero-order valence-corrected chi connectivity index (χ0v) is 26.6. The lowest BCUT2D eigenvalue weighted by atomic mass is 10.0. The summed E-state index contributed by atoms with van der Waals surface area (Å²) >= 11 is 31.2. The molecule has 0 aliphatic rings. The van der Waals surface area contributed by atoms with E-state index in [-0.39, 0.29) is 17.2 Å². The van der Waals surface area contributed by atoms with Gasteiger partial charge in [-0.15, -0.1) is 34.8 Å². The standard InChI is InChI=1S/C22H41Cl5O8S2/c1-2-3-4-9-13-19(24)16-21(35-37(31,32)33)20(25)15-18(23)12-10-7-5-6-8-11-14-22(26,27)17-34-36(28,29)30/h18-21H,2-17H2,1H3,(H,28,29,30)(H,31,32,33). The van der Waals surface area contributed by atoms with Crippen LogP contribution in [0.5, 0.6) is 0 Å². The second-order valence-electron chi connectivity index (χ2n) is 9.30. The molecule has 0 amide bonds. The van der Waals surface area contributed by atoms with Gasteiger partial charge in [-0.05, 0) is 32.1 Å². The summed E-state index contributed by atoms with van der Waals surface area (Å²) in [5.41, 5.74) is 0. The highest BCUT2D eigenvalue weighted by Gasteiger charge is 2.29. The SMILES string of the molecule is CCCCCCC(Cl)CC(OS(=O)(=O)O)C(Cl)CC(Cl)CCCCCCCCC(Cl)(Cl)COS(=O)(=O)O. The summed E-state index contributed by atoms with van der Waals surface area (Å²) in [5.74, 6) is 0. The van der Waals surface area contributed by atoms with Crippen LogP contribution in [0.15, 0.2) is 0 Å². The first-order chi connectivity index (χ1) is 17.0. The largest absolute Gasteiger partial charge is 0.397 e. The molecule has 15 heteroatoms. The van der Waals surface area contributed by atoms with E-state index < -0.39 is 43.2 Å². The van der Waals surface area contributed by atoms with Crippen LogP contribution in [0.4, 0.5) is 0 Å². The number of halogens is 5. The second-order valence-corrected chi connectivity index (χ2v) is 14.9. The normalized spacial score (nSPS) is 16.4. The molecule has 0 aromatic heterocycles. The molecule has 0 fully saturated rings. The Morgan fingerprint density at radius 1 is 0.730 bits per heavy atom. The van der Waals surface area contributed by atoms with Gasteiger partial charge in [0.15, 0.2) is 0 Å². The quantitative estimate of drug-likeness (QED) is 0.0602. The maximum atomic E-state index is 11.3. The van der Waals surface area contributed by atoms with Crippen LogP contribution in [0.25, 0.3) is 0 Å². The number of rotatable bonds is 24. The molecule has 0 radical (unpaired) electrons. The Morgan fingerprint density at radius 3 is 1.73 bits per heavy atom. The van der Waals surface area contributed by atoms with E-state index in [2.05, 4.69) is 11.1 Å². The van der Waals surface area contributed by atoms with Gasteiger partial charge in [0.05, 0.1) is 11.5 Å². The second kappa shape index (κ2) is 20.1. The molecule has 8 nitrogen and oxygen atoms in total. The summed E-state index contributed by atoms with van der Waals surface area (Å²) in [7, 11) is -9.26. The number of unbranched alkanes of at least 4 members (excludes halogenated alkanes) is 8. The fourth-order valence-corrected chi connectivity index (χ4v) is 6.35. The summed E-state index contributed by atoms with van der Waals surface area (Å²) in [6.07, 6.45) is 10.6. The van der Waals surface area contributed by atoms with Crippen molar-refractivity contribution in [2.75, 3.05) is 6.61 Å². The average molecular weight is 675 g/mol. The van der Waals surface area contributed by atoms with Crippen LogP contribution in [0.2, 0.25) is 0 Å². The lowest BCUT2D eigenvalue weighted by molar-refractivity contribution is 0.162. The molecule has 4 atom stereocenters. The van der Waals surface area contributed by atoms with Crippen molar-refractivity contribution in [2.24, 2.45) is 0 Å². The summed E-state index contributed by atoms with van der Waals surface area (Å²) in [6, 6.07) is 0. The molecule has 224 valence electrons. The first-order valence-corrected chi connectivity index (χ1v) is 17.4. The monoisotopic (exact) mass is 672 g/mol. The van der Waals surface area contributed by atoms with Crippen molar-refractivity contribution >= 4 is 78.8 Å². The Morgan fingerprint density at radius 2 is 1.22 bits per heavy atom. The molecular weight excluding hydrogens is 634 g/mol. The molecule has 4 unspecified atom stereocenters. The minimum Gasteiger partial charge on any atom is -0.264 e. The molecule has 0 saturated heterocycles. The summed E-state index contributed by atoms with van der Waals surface area (Å²) in [5, 5.41) is -1.33. The van der Waals surface area contributed by atoms with Crippen molar-refractivity contribution in [1.82, 2.24) is 0 Å². The molecule has 0 heterocycles. The van der Waals surface area contributed by atoms with E-state index in [0.29, 0.717) is 32.1 Å². The maximum absolute atomic E-state index is 11.3. The number of hydrogen-bond donors (Lipinski definition) is 2. The van der Waals surface area contributed by atoms with Crippen molar-refractivity contribution < 1.29 is 34.3 Å². The van der Waals surface area contributed by atoms with Crippen LogP contribution in [0.1, 0.15) is 103 Å². The van der Waals surface area contributed by atoms with Gasteiger partial charge >= 0.3 is 20.8 Å². The first-order valence-electron chi connectivity index (χ1n) is 12.6. The molecule has 37 heavy (non-hydrogen) atoms. The first kappa shape index (κ1) is 38.2. The highest BCUT2D eigenvalue weighted by Crippen LogP contribution is 2.30. The number of hydrogen-bond acceptors (Lipinski definition) is 6. The van der Waals surface area contributed by atoms with Crippen LogP contribution < -0.4 is 0 Å². The van der Waals surface area contributed by atoms with Gasteiger partial charge in [-0.1, -0.05) is 94.3 Å². The zero-order valence-electron chi connectivity index (χ0n) is 21.2. The van der Waals surface area contributed by atoms with E-state index in [0.717, 1.165) is 57.8 Å². The fourth-order valence-electron chi connectivity index (χ4n) is 3.77. The van der Waals surface area contributed by atoms with Crippen molar-refractivity contribution in [3.8, 4) is 0 Å². The Labute approximate surface area is 248 Å². The highest BCUT2D eigenvalue weighted by molar-refractivity contribution is 7.81. The van der Waals surface area contributed by atoms with Crippen molar-refractivity contribution in [3.63, 3.8) is 0 Å². The third-order valence-electron chi connectivity index (χ3n) is 5.72. The Balaban J connectivity index is 4.25. The van der Waals surface area contributed by atoms with Crippen LogP contribution in [0, 0.1) is 0 Å². The predicted octanol–water partition coefficient (Wildman–Crippen LogP) is 7.86. The average Bonchev–Trinajstić information content (AvgIpc) is 2.75. The Kier molecular flexibility index (Phi) is 20.8. The van der Waals surface area contributed by atoms with E-state index >= 15 is 0 Å². The van der Waals surface area contributed by atoms with Gasteiger partial charge in [0.1, 0.15) is 10.9 Å². The van der Waals surface area contributed by atoms with Crippen LogP contribution in [-0.4, -0.2) is 59.1 Å². The predicted molar refractivity (Wildman–Crippen MR) is 152 cm³/mol. The Bertz CT molecular complexity index is 799. The van der Waals surface area contributed by atoms with Gasteiger partial charge in [-0.2, -0.15) is 16.8 Å². The molecular formula is C22H41Cl5O8S2. The van der Waals surface area contributed by atoms with Crippen LogP contribution >= 0.6 is 58.0 Å². The minimum absolute atomic E-state index is 0.194. The molecule has 0 aliphatic heterocycles. The highest BCUT2D eigenvalue weighted by atomic mass is 35.5. The fraction of sp³-hybridized carbons (Fsp3) is 1.00. The molecule has 0 aliphatic carbocycles. The van der Waals surface area contributed by atoms with Gasteiger partial charge in [-0.3, -0.25) is 9.11 Å². The third kappa shape index (κ3) is 24.7. The van der Waals surface area contributed by atoms with Crippen molar-refractivity contribution in [2.45, 2.75) is 130 Å². The van der Waals surface area contributed by atoms with Crippen molar-refractivity contribution in [1.29, 1.82) is 0 Å². The zero-order chi connectivity index (χ0) is 28.5. The third-order valence-corrected chi connectivity index (χ3v) is 8.47. The lowest BCUT2D eigenvalue weighted by Gasteiger charge is -2.24. The molecule has 0 aromatic rings. The molecule has 0 spiro atoms. The lowest BCUT2D eigenvalue weighted by Crippen LogP contribution is -2.32. The summed E-state index contributed by atoms with van der Waals surface area (Å²) in [4.78, 5) is 0. The number of alkyl halides is 5. The van der Waals surface area contributed by atoms with E-state index in [9.17, 15) is 16.8 Å². The van der Waals surface area contributed by atoms with Gasteiger partial charge in [-0.25, -0.2) is 8.37 Å². The van der Waals surface area contributed by atoms with Gasteiger partial charge in [0.2, 0.25) is 0 Å². The van der Waals surface area contributed by atoms with Crippen LogP contribution in [-0.2, 0) is 29.2 Å². The molecule has 0 bridgehead atoms. The van der Waals surface area contributed by atoms with Gasteiger partial charge < -0.3 is 0 Å². The van der Waals surface area contributed by atoms with E-state index in [4.69, 9.17) is 71.3 Å². The maximum Gasteiger partial charge on any atom is 0.397 e. The van der Waals surface area contributed by atoms with Gasteiger partial charge in [0, 0.05) is 10.8 Å². The van der Waals surface area contributed by atoms with E-state index in [1.54, 1.807) is 0 Å². The van der Waals surface area contributed by atoms with E-state index in [1.807, 2.05) is 0 Å². The minimum atomic E-state index is -4.68.